The highest BCUT2D eigenvalue weighted by Gasteiger charge is 2.19. The quantitative estimate of drug-likeness (QED) is 0.402. The van der Waals surface area contributed by atoms with E-state index in [-0.39, 0.29) is 23.7 Å². The van der Waals surface area contributed by atoms with Gasteiger partial charge in [-0.1, -0.05) is 6.07 Å². The number of hydrazone groups is 1. The molecular formula is C17H18N4O6. The van der Waals surface area contributed by atoms with Crippen LogP contribution in [-0.4, -0.2) is 29.3 Å². The lowest BCUT2D eigenvalue weighted by molar-refractivity contribution is -0.385. The van der Waals surface area contributed by atoms with Gasteiger partial charge in [0.2, 0.25) is 5.75 Å². The molecule has 0 saturated heterocycles. The minimum absolute atomic E-state index is 0.0816. The van der Waals surface area contributed by atoms with Crippen molar-refractivity contribution in [1.82, 2.24) is 0 Å². The highest BCUT2D eigenvalue weighted by Crippen LogP contribution is 2.34. The molecule has 1 N–H and O–H groups in total. The Morgan fingerprint density at radius 1 is 1.04 bits per heavy atom. The standard InChI is InChI=1S/C17H18N4O6/c1-3-26-16-10-17(27-4-2)15(21(24)25)8-12(16)11-18-19-13-6-5-7-14(9-13)20(22)23/h5-11,19H,3-4H2,1-2H3. The van der Waals surface area contributed by atoms with Crippen LogP contribution in [0.25, 0.3) is 0 Å². The van der Waals surface area contributed by atoms with E-state index >= 15 is 0 Å². The van der Waals surface area contributed by atoms with Crippen molar-refractivity contribution in [3.8, 4) is 11.5 Å². The Balaban J connectivity index is 2.31. The molecular weight excluding hydrogens is 356 g/mol. The van der Waals surface area contributed by atoms with Crippen LogP contribution in [0.4, 0.5) is 17.1 Å². The SMILES string of the molecule is CCOc1cc(OCC)c([N+](=O)[O-])cc1C=NNc1cccc([N+](=O)[O-])c1. The fourth-order valence-electron chi connectivity index (χ4n) is 2.23. The Labute approximate surface area is 154 Å². The molecule has 0 radical (unpaired) electrons. The number of nitrogens with one attached hydrogen (secondary N) is 1. The molecule has 0 fully saturated rings. The molecule has 2 aromatic carbocycles. The zero-order valence-corrected chi connectivity index (χ0v) is 14.7. The molecule has 0 bridgehead atoms. The smallest absolute Gasteiger partial charge is 0.311 e. The summed E-state index contributed by atoms with van der Waals surface area (Å²) < 4.78 is 10.8. The van der Waals surface area contributed by atoms with Crippen LogP contribution in [0.5, 0.6) is 11.5 Å². The van der Waals surface area contributed by atoms with Gasteiger partial charge in [-0.3, -0.25) is 25.7 Å². The summed E-state index contributed by atoms with van der Waals surface area (Å²) in [6, 6.07) is 8.55. The van der Waals surface area contributed by atoms with Crippen molar-refractivity contribution in [2.24, 2.45) is 5.10 Å². The lowest BCUT2D eigenvalue weighted by atomic mass is 10.1. The first-order valence-electron chi connectivity index (χ1n) is 8.07. The molecule has 27 heavy (non-hydrogen) atoms. The number of benzene rings is 2. The van der Waals surface area contributed by atoms with Crippen molar-refractivity contribution < 1.29 is 19.3 Å². The first kappa shape index (κ1) is 19.6. The van der Waals surface area contributed by atoms with Crippen LogP contribution >= 0.6 is 0 Å². The molecule has 10 nitrogen and oxygen atoms in total. The van der Waals surface area contributed by atoms with Gasteiger partial charge >= 0.3 is 5.69 Å². The van der Waals surface area contributed by atoms with E-state index in [1.54, 1.807) is 19.9 Å². The predicted octanol–water partition coefficient (Wildman–Crippen LogP) is 3.75. The van der Waals surface area contributed by atoms with E-state index in [0.717, 1.165) is 0 Å². The first-order valence-corrected chi connectivity index (χ1v) is 8.07. The summed E-state index contributed by atoms with van der Waals surface area (Å²) in [6.07, 6.45) is 1.34. The van der Waals surface area contributed by atoms with Crippen molar-refractivity contribution in [3.05, 3.63) is 62.2 Å². The summed E-state index contributed by atoms with van der Waals surface area (Å²) >= 11 is 0. The minimum atomic E-state index is -0.550. The molecule has 0 aromatic heterocycles. The van der Waals surface area contributed by atoms with Gasteiger partial charge in [0.1, 0.15) is 5.75 Å². The molecule has 0 saturated carbocycles. The van der Waals surface area contributed by atoms with Crippen LogP contribution in [0.15, 0.2) is 41.5 Å². The van der Waals surface area contributed by atoms with Crippen LogP contribution in [-0.2, 0) is 0 Å². The molecule has 0 aliphatic heterocycles. The predicted molar refractivity (Wildman–Crippen MR) is 99.7 cm³/mol. The maximum atomic E-state index is 11.3. The van der Waals surface area contributed by atoms with Gasteiger partial charge in [-0.25, -0.2) is 0 Å². The Hall–Kier alpha value is -3.69. The number of hydrogen-bond donors (Lipinski definition) is 1. The number of nitrogens with zero attached hydrogens (tertiary/aromatic N) is 3. The molecule has 0 aliphatic carbocycles. The van der Waals surface area contributed by atoms with Gasteiger partial charge in [-0.15, -0.1) is 0 Å². The summed E-state index contributed by atoms with van der Waals surface area (Å²) in [5, 5.41) is 26.1. The van der Waals surface area contributed by atoms with E-state index in [1.807, 2.05) is 0 Å². The Morgan fingerprint density at radius 3 is 2.37 bits per heavy atom. The maximum absolute atomic E-state index is 11.3. The molecule has 10 heteroatoms. The number of nitro groups is 2. The van der Waals surface area contributed by atoms with Gasteiger partial charge in [0.05, 0.1) is 35.0 Å². The molecule has 0 spiro atoms. The van der Waals surface area contributed by atoms with Gasteiger partial charge in [-0.05, 0) is 19.9 Å². The monoisotopic (exact) mass is 374 g/mol. The van der Waals surface area contributed by atoms with Crippen molar-refractivity contribution >= 4 is 23.3 Å². The van der Waals surface area contributed by atoms with E-state index in [4.69, 9.17) is 9.47 Å². The normalized spacial score (nSPS) is 10.6. The second-order valence-electron chi connectivity index (χ2n) is 5.16. The van der Waals surface area contributed by atoms with Gasteiger partial charge in [0, 0.05) is 29.8 Å². The van der Waals surface area contributed by atoms with Crippen molar-refractivity contribution in [1.29, 1.82) is 0 Å². The third kappa shape index (κ3) is 5.14. The zero-order chi connectivity index (χ0) is 19.8. The lowest BCUT2D eigenvalue weighted by Crippen LogP contribution is -2.03. The van der Waals surface area contributed by atoms with Crippen molar-refractivity contribution in [2.75, 3.05) is 18.6 Å². The topological polar surface area (TPSA) is 129 Å². The summed E-state index contributed by atoms with van der Waals surface area (Å²) in [4.78, 5) is 21.0. The summed E-state index contributed by atoms with van der Waals surface area (Å²) in [6.45, 7) is 4.13. The van der Waals surface area contributed by atoms with Gasteiger partial charge in [-0.2, -0.15) is 5.10 Å². The lowest BCUT2D eigenvalue weighted by Gasteiger charge is -2.11. The van der Waals surface area contributed by atoms with Crippen LogP contribution < -0.4 is 14.9 Å². The molecule has 0 heterocycles. The largest absolute Gasteiger partial charge is 0.493 e. The summed E-state index contributed by atoms with van der Waals surface area (Å²) in [5.74, 6) is 0.478. The summed E-state index contributed by atoms with van der Waals surface area (Å²) in [7, 11) is 0. The number of nitro benzene ring substituents is 2. The highest BCUT2D eigenvalue weighted by atomic mass is 16.6. The van der Waals surface area contributed by atoms with E-state index in [2.05, 4.69) is 10.5 Å². The number of non-ortho nitro benzene ring substituents is 1. The Kier molecular flexibility index (Phi) is 6.64. The van der Waals surface area contributed by atoms with Crippen LogP contribution in [0.3, 0.4) is 0 Å². The maximum Gasteiger partial charge on any atom is 0.311 e. The molecule has 2 rings (SSSR count). The average molecular weight is 374 g/mol. The molecule has 0 amide bonds. The second-order valence-corrected chi connectivity index (χ2v) is 5.16. The summed E-state index contributed by atoms with van der Waals surface area (Å²) in [5.41, 5.74) is 3.13. The average Bonchev–Trinajstić information content (AvgIpc) is 2.63. The Bertz CT molecular complexity index is 868. The van der Waals surface area contributed by atoms with Crippen molar-refractivity contribution in [3.63, 3.8) is 0 Å². The molecule has 2 aromatic rings. The minimum Gasteiger partial charge on any atom is -0.493 e. The van der Waals surface area contributed by atoms with Gasteiger partial charge < -0.3 is 9.47 Å². The van der Waals surface area contributed by atoms with Crippen LogP contribution in [0.1, 0.15) is 19.4 Å². The number of rotatable bonds is 9. The third-order valence-corrected chi connectivity index (χ3v) is 3.34. The molecule has 0 atom stereocenters. The zero-order valence-electron chi connectivity index (χ0n) is 14.7. The van der Waals surface area contributed by atoms with Crippen molar-refractivity contribution in [2.45, 2.75) is 13.8 Å². The molecule has 0 aliphatic rings. The van der Waals surface area contributed by atoms with E-state index in [1.165, 1.54) is 36.5 Å². The fraction of sp³-hybridized carbons (Fsp3) is 0.235. The second kappa shape index (κ2) is 9.13. The van der Waals surface area contributed by atoms with Gasteiger partial charge in [0.15, 0.2) is 0 Å². The highest BCUT2D eigenvalue weighted by molar-refractivity contribution is 5.86. The van der Waals surface area contributed by atoms with Gasteiger partial charge in [0.25, 0.3) is 5.69 Å². The molecule has 142 valence electrons. The molecule has 0 unspecified atom stereocenters. The Morgan fingerprint density at radius 2 is 1.74 bits per heavy atom. The fourth-order valence-corrected chi connectivity index (χ4v) is 2.23. The van der Waals surface area contributed by atoms with E-state index < -0.39 is 9.85 Å². The number of hydrogen-bond acceptors (Lipinski definition) is 8. The number of ether oxygens (including phenoxy) is 2. The first-order chi connectivity index (χ1) is 13.0. The van der Waals surface area contributed by atoms with Crippen LogP contribution in [0, 0.1) is 20.2 Å². The van der Waals surface area contributed by atoms with E-state index in [9.17, 15) is 20.2 Å². The number of anilines is 1. The third-order valence-electron chi connectivity index (χ3n) is 3.34. The van der Waals surface area contributed by atoms with Crippen LogP contribution in [0.2, 0.25) is 0 Å². The van der Waals surface area contributed by atoms with E-state index in [0.29, 0.717) is 23.6 Å².